The molecule has 1 N–H and O–H groups in total. The first kappa shape index (κ1) is 20.6. The van der Waals surface area contributed by atoms with Gasteiger partial charge in [-0.15, -0.1) is 0 Å². The van der Waals surface area contributed by atoms with Crippen molar-refractivity contribution in [2.24, 2.45) is 0 Å². The molecule has 27 heavy (non-hydrogen) atoms. The number of nitrogens with zero attached hydrogens (tertiary/aromatic N) is 2. The molecule has 0 fully saturated rings. The van der Waals surface area contributed by atoms with E-state index in [1.165, 1.54) is 11.1 Å². The third kappa shape index (κ3) is 5.93. The number of anilines is 1. The molecule has 0 aliphatic carbocycles. The van der Waals surface area contributed by atoms with Gasteiger partial charge in [-0.05, 0) is 57.1 Å². The number of carbonyl (C=O) groups excluding carboxylic acids is 2. The molecule has 5 nitrogen and oxygen atoms in total. The van der Waals surface area contributed by atoms with Crippen LogP contribution in [0.25, 0.3) is 0 Å². The van der Waals surface area contributed by atoms with Gasteiger partial charge in [-0.2, -0.15) is 0 Å². The molecule has 2 rings (SSSR count). The van der Waals surface area contributed by atoms with Gasteiger partial charge >= 0.3 is 0 Å². The molecule has 0 aliphatic rings. The van der Waals surface area contributed by atoms with Gasteiger partial charge in [0, 0.05) is 30.9 Å². The first-order valence-corrected chi connectivity index (χ1v) is 9.36. The predicted octanol–water partition coefficient (Wildman–Crippen LogP) is 3.55. The molecule has 0 bridgehead atoms. The van der Waals surface area contributed by atoms with E-state index in [4.69, 9.17) is 0 Å². The average molecular weight is 367 g/mol. The maximum atomic E-state index is 12.5. The summed E-state index contributed by atoms with van der Waals surface area (Å²) in [7, 11) is 1.92. The summed E-state index contributed by atoms with van der Waals surface area (Å²) in [4.78, 5) is 28.6. The van der Waals surface area contributed by atoms with E-state index in [9.17, 15) is 9.59 Å². The van der Waals surface area contributed by atoms with Crippen LogP contribution in [0.4, 0.5) is 5.69 Å². The number of hydrogen-bond donors (Lipinski definition) is 1. The summed E-state index contributed by atoms with van der Waals surface area (Å²) in [5, 5.41) is 2.89. The molecule has 2 aromatic rings. The molecule has 0 aliphatic heterocycles. The number of aryl methyl sites for hydroxylation is 1. The lowest BCUT2D eigenvalue weighted by Gasteiger charge is -2.19. The van der Waals surface area contributed by atoms with E-state index >= 15 is 0 Å². The Kier molecular flexibility index (Phi) is 7.55. The fourth-order valence-electron chi connectivity index (χ4n) is 3.00. The first-order valence-electron chi connectivity index (χ1n) is 9.36. The summed E-state index contributed by atoms with van der Waals surface area (Å²) < 4.78 is 0. The number of likely N-dealkylation sites (N-methyl/N-ethyl adjacent to an activating group) is 1. The van der Waals surface area contributed by atoms with Crippen LogP contribution in [0.1, 0.15) is 35.3 Å². The number of amides is 2. The summed E-state index contributed by atoms with van der Waals surface area (Å²) in [6.45, 7) is 8.30. The topological polar surface area (TPSA) is 52.7 Å². The van der Waals surface area contributed by atoms with Crippen molar-refractivity contribution in [3.05, 3.63) is 65.2 Å². The SMILES string of the molecule is CCN(CC)C(=O)c1cccc(NC(=O)CN(C)Cc2ccccc2C)c1. The highest BCUT2D eigenvalue weighted by atomic mass is 16.2. The zero-order valence-corrected chi connectivity index (χ0v) is 16.7. The summed E-state index contributed by atoms with van der Waals surface area (Å²) in [5.41, 5.74) is 3.65. The van der Waals surface area contributed by atoms with Gasteiger partial charge in [-0.1, -0.05) is 30.3 Å². The molecule has 0 saturated carbocycles. The van der Waals surface area contributed by atoms with E-state index in [0.717, 1.165) is 0 Å². The molecular weight excluding hydrogens is 338 g/mol. The Bertz CT molecular complexity index is 785. The molecule has 144 valence electrons. The number of benzene rings is 2. The smallest absolute Gasteiger partial charge is 0.253 e. The Hall–Kier alpha value is -2.66. The minimum Gasteiger partial charge on any atom is -0.339 e. The van der Waals surface area contributed by atoms with E-state index in [-0.39, 0.29) is 18.4 Å². The third-order valence-corrected chi connectivity index (χ3v) is 4.56. The van der Waals surface area contributed by atoms with E-state index in [0.29, 0.717) is 30.9 Å². The van der Waals surface area contributed by atoms with Gasteiger partial charge in [0.2, 0.25) is 5.91 Å². The Balaban J connectivity index is 1.96. The monoisotopic (exact) mass is 367 g/mol. The lowest BCUT2D eigenvalue weighted by Crippen LogP contribution is -2.31. The van der Waals surface area contributed by atoms with Gasteiger partial charge in [0.15, 0.2) is 0 Å². The molecule has 0 radical (unpaired) electrons. The minimum atomic E-state index is -0.0986. The number of hydrogen-bond acceptors (Lipinski definition) is 3. The second kappa shape index (κ2) is 9.88. The molecule has 2 aromatic carbocycles. The molecule has 2 amide bonds. The summed E-state index contributed by atoms with van der Waals surface area (Å²) in [6, 6.07) is 15.3. The highest BCUT2D eigenvalue weighted by Gasteiger charge is 2.14. The van der Waals surface area contributed by atoms with E-state index in [1.54, 1.807) is 29.2 Å². The maximum absolute atomic E-state index is 12.5. The molecule has 0 atom stereocenters. The van der Waals surface area contributed by atoms with Crippen LogP contribution >= 0.6 is 0 Å². The Morgan fingerprint density at radius 3 is 2.37 bits per heavy atom. The van der Waals surface area contributed by atoms with Crippen LogP contribution in [0.3, 0.4) is 0 Å². The van der Waals surface area contributed by atoms with Crippen molar-refractivity contribution in [1.29, 1.82) is 0 Å². The van der Waals surface area contributed by atoms with Gasteiger partial charge in [-0.3, -0.25) is 14.5 Å². The first-order chi connectivity index (χ1) is 12.9. The number of nitrogens with one attached hydrogen (secondary N) is 1. The third-order valence-electron chi connectivity index (χ3n) is 4.56. The molecular formula is C22H29N3O2. The molecule has 0 aromatic heterocycles. The van der Waals surface area contributed by atoms with E-state index in [2.05, 4.69) is 24.4 Å². The second-order valence-corrected chi connectivity index (χ2v) is 6.71. The van der Waals surface area contributed by atoms with Crippen molar-refractivity contribution in [2.75, 3.05) is 32.0 Å². The second-order valence-electron chi connectivity index (χ2n) is 6.71. The molecule has 5 heteroatoms. The van der Waals surface area contributed by atoms with Crippen LogP contribution < -0.4 is 5.32 Å². The fourth-order valence-corrected chi connectivity index (χ4v) is 3.00. The Morgan fingerprint density at radius 1 is 1.00 bits per heavy atom. The molecule has 0 unspecified atom stereocenters. The van der Waals surface area contributed by atoms with Gasteiger partial charge in [-0.25, -0.2) is 0 Å². The zero-order valence-electron chi connectivity index (χ0n) is 16.7. The Labute approximate surface area is 162 Å². The van der Waals surface area contributed by atoms with Gasteiger partial charge in [0.25, 0.3) is 5.91 Å². The fraction of sp³-hybridized carbons (Fsp3) is 0.364. The van der Waals surface area contributed by atoms with Crippen LogP contribution in [0.5, 0.6) is 0 Å². The van der Waals surface area contributed by atoms with Crippen molar-refractivity contribution in [1.82, 2.24) is 9.80 Å². The zero-order chi connectivity index (χ0) is 19.8. The molecule has 0 heterocycles. The van der Waals surface area contributed by atoms with Gasteiger partial charge < -0.3 is 10.2 Å². The van der Waals surface area contributed by atoms with Crippen molar-refractivity contribution >= 4 is 17.5 Å². The van der Waals surface area contributed by atoms with Crippen LogP contribution in [0.2, 0.25) is 0 Å². The molecule has 0 spiro atoms. The lowest BCUT2D eigenvalue weighted by atomic mass is 10.1. The van der Waals surface area contributed by atoms with Crippen LogP contribution in [-0.4, -0.2) is 48.3 Å². The minimum absolute atomic E-state index is 0.0206. The number of carbonyl (C=O) groups is 2. The van der Waals surface area contributed by atoms with E-state index in [1.807, 2.05) is 37.9 Å². The average Bonchev–Trinajstić information content (AvgIpc) is 2.64. The summed E-state index contributed by atoms with van der Waals surface area (Å²) >= 11 is 0. The molecule has 0 saturated heterocycles. The maximum Gasteiger partial charge on any atom is 0.253 e. The quantitative estimate of drug-likeness (QED) is 0.776. The predicted molar refractivity (Wildman–Crippen MR) is 110 cm³/mol. The lowest BCUT2D eigenvalue weighted by molar-refractivity contribution is -0.117. The standard InChI is InChI=1S/C22H29N3O2/c1-5-25(6-2)22(27)18-12-9-13-20(14-18)23-21(26)16-24(4)15-19-11-8-7-10-17(19)3/h7-14H,5-6,15-16H2,1-4H3,(H,23,26). The normalized spacial score (nSPS) is 10.7. The highest BCUT2D eigenvalue weighted by Crippen LogP contribution is 2.14. The van der Waals surface area contributed by atoms with Crippen molar-refractivity contribution in [3.8, 4) is 0 Å². The van der Waals surface area contributed by atoms with Crippen molar-refractivity contribution in [2.45, 2.75) is 27.3 Å². The largest absolute Gasteiger partial charge is 0.339 e. The number of rotatable bonds is 8. The van der Waals surface area contributed by atoms with Crippen molar-refractivity contribution < 1.29 is 9.59 Å². The van der Waals surface area contributed by atoms with Crippen molar-refractivity contribution in [3.63, 3.8) is 0 Å². The van der Waals surface area contributed by atoms with Gasteiger partial charge in [0.1, 0.15) is 0 Å². The van der Waals surface area contributed by atoms with Crippen LogP contribution in [-0.2, 0) is 11.3 Å². The highest BCUT2D eigenvalue weighted by molar-refractivity contribution is 5.97. The Morgan fingerprint density at radius 2 is 1.70 bits per heavy atom. The van der Waals surface area contributed by atoms with Gasteiger partial charge in [0.05, 0.1) is 6.54 Å². The van der Waals surface area contributed by atoms with Crippen LogP contribution in [0, 0.1) is 6.92 Å². The summed E-state index contributed by atoms with van der Waals surface area (Å²) in [5.74, 6) is -0.119. The van der Waals surface area contributed by atoms with E-state index < -0.39 is 0 Å². The van der Waals surface area contributed by atoms with Crippen LogP contribution in [0.15, 0.2) is 48.5 Å². The summed E-state index contributed by atoms with van der Waals surface area (Å²) in [6.07, 6.45) is 0.